The molecule has 0 bridgehead atoms. The Balaban J connectivity index is 1.57. The Morgan fingerprint density at radius 3 is 2.67 bits per heavy atom. The third-order valence-corrected chi connectivity index (χ3v) is 5.62. The van der Waals surface area contributed by atoms with Crippen LogP contribution in [0.15, 0.2) is 60.9 Å². The van der Waals surface area contributed by atoms with Crippen LogP contribution in [0.2, 0.25) is 0 Å². The Kier molecular flexibility index (Phi) is 6.14. The summed E-state index contributed by atoms with van der Waals surface area (Å²) in [5, 5.41) is 7.36. The molecule has 1 aliphatic heterocycles. The van der Waals surface area contributed by atoms with Crippen LogP contribution < -0.4 is 10.1 Å². The number of benzene rings is 2. The number of carbonyl (C=O) groups is 1. The van der Waals surface area contributed by atoms with Gasteiger partial charge in [0.25, 0.3) is 0 Å². The van der Waals surface area contributed by atoms with Gasteiger partial charge in [0.1, 0.15) is 5.75 Å². The first kappa shape index (κ1) is 20.2. The van der Waals surface area contributed by atoms with Gasteiger partial charge in [-0.25, -0.2) is 0 Å². The van der Waals surface area contributed by atoms with Gasteiger partial charge in [-0.1, -0.05) is 42.5 Å². The highest BCUT2D eigenvalue weighted by atomic mass is 16.5. The van der Waals surface area contributed by atoms with Crippen LogP contribution in [0.5, 0.6) is 5.75 Å². The Hall–Kier alpha value is -3.12. The van der Waals surface area contributed by atoms with Gasteiger partial charge in [0.05, 0.1) is 19.2 Å². The molecule has 6 nitrogen and oxygen atoms in total. The number of methoxy groups -OCH3 is 1. The SMILES string of the molecule is COc1ccccc1-c1ccccc1C[C@@H]1CN(Cc2cnn(C)c2)CCNC1=O. The first-order valence-corrected chi connectivity index (χ1v) is 10.3. The highest BCUT2D eigenvalue weighted by molar-refractivity contribution is 5.80. The molecule has 0 unspecified atom stereocenters. The fourth-order valence-corrected chi connectivity index (χ4v) is 4.17. The summed E-state index contributed by atoms with van der Waals surface area (Å²) in [5.41, 5.74) is 4.49. The van der Waals surface area contributed by atoms with Crippen molar-refractivity contribution >= 4 is 5.91 Å². The fraction of sp³-hybridized carbons (Fsp3) is 0.333. The smallest absolute Gasteiger partial charge is 0.224 e. The number of nitrogens with one attached hydrogen (secondary N) is 1. The minimum Gasteiger partial charge on any atom is -0.496 e. The number of para-hydroxylation sites is 1. The third-order valence-electron chi connectivity index (χ3n) is 5.62. The molecule has 4 rings (SSSR count). The van der Waals surface area contributed by atoms with Crippen LogP contribution in [-0.4, -0.2) is 47.3 Å². The summed E-state index contributed by atoms with van der Waals surface area (Å²) < 4.78 is 7.39. The quantitative estimate of drug-likeness (QED) is 0.686. The van der Waals surface area contributed by atoms with E-state index >= 15 is 0 Å². The van der Waals surface area contributed by atoms with E-state index in [4.69, 9.17) is 4.74 Å². The van der Waals surface area contributed by atoms with Crippen LogP contribution in [0.1, 0.15) is 11.1 Å². The first-order valence-electron chi connectivity index (χ1n) is 10.3. The Bertz CT molecular complexity index is 1010. The maximum atomic E-state index is 12.8. The van der Waals surface area contributed by atoms with Gasteiger partial charge in [-0.2, -0.15) is 5.10 Å². The molecule has 1 fully saturated rings. The molecule has 1 atom stereocenters. The lowest BCUT2D eigenvalue weighted by molar-refractivity contribution is -0.124. The molecule has 30 heavy (non-hydrogen) atoms. The molecule has 3 aromatic rings. The molecular formula is C24H28N4O2. The number of hydrogen-bond acceptors (Lipinski definition) is 4. The second-order valence-electron chi connectivity index (χ2n) is 7.81. The van der Waals surface area contributed by atoms with Crippen molar-refractivity contribution in [2.75, 3.05) is 26.7 Å². The maximum Gasteiger partial charge on any atom is 0.224 e. The van der Waals surface area contributed by atoms with Crippen molar-refractivity contribution in [3.63, 3.8) is 0 Å². The molecule has 156 valence electrons. The zero-order chi connectivity index (χ0) is 20.9. The lowest BCUT2D eigenvalue weighted by atomic mass is 9.91. The van der Waals surface area contributed by atoms with E-state index in [9.17, 15) is 4.79 Å². The number of ether oxygens (including phenoxy) is 1. The molecule has 0 radical (unpaired) electrons. The van der Waals surface area contributed by atoms with Crippen molar-refractivity contribution in [3.05, 3.63) is 72.1 Å². The zero-order valence-corrected chi connectivity index (χ0v) is 17.5. The van der Waals surface area contributed by atoms with Gasteiger partial charge in [0, 0.05) is 50.6 Å². The molecule has 1 amide bonds. The number of aromatic nitrogens is 2. The second-order valence-corrected chi connectivity index (χ2v) is 7.81. The summed E-state index contributed by atoms with van der Waals surface area (Å²) in [5.74, 6) is 0.854. The summed E-state index contributed by atoms with van der Waals surface area (Å²) in [4.78, 5) is 15.2. The van der Waals surface area contributed by atoms with Crippen LogP contribution in [0.4, 0.5) is 0 Å². The molecule has 0 spiro atoms. The van der Waals surface area contributed by atoms with Gasteiger partial charge >= 0.3 is 0 Å². The lowest BCUT2D eigenvalue weighted by Crippen LogP contribution is -2.33. The van der Waals surface area contributed by atoms with Gasteiger partial charge in [-0.05, 0) is 23.6 Å². The van der Waals surface area contributed by atoms with Crippen molar-refractivity contribution in [3.8, 4) is 16.9 Å². The average Bonchev–Trinajstić information content (AvgIpc) is 3.09. The van der Waals surface area contributed by atoms with Gasteiger partial charge in [0.15, 0.2) is 0 Å². The average molecular weight is 405 g/mol. The molecule has 1 aromatic heterocycles. The lowest BCUT2D eigenvalue weighted by Gasteiger charge is -2.23. The topological polar surface area (TPSA) is 59.4 Å². The van der Waals surface area contributed by atoms with Crippen LogP contribution in [0.3, 0.4) is 0 Å². The van der Waals surface area contributed by atoms with E-state index in [1.807, 2.05) is 54.5 Å². The van der Waals surface area contributed by atoms with Crippen molar-refractivity contribution < 1.29 is 9.53 Å². The van der Waals surface area contributed by atoms with Crippen LogP contribution >= 0.6 is 0 Å². The van der Waals surface area contributed by atoms with E-state index in [-0.39, 0.29) is 11.8 Å². The summed E-state index contributed by atoms with van der Waals surface area (Å²) >= 11 is 0. The fourth-order valence-electron chi connectivity index (χ4n) is 4.17. The van der Waals surface area contributed by atoms with E-state index in [1.165, 1.54) is 5.56 Å². The highest BCUT2D eigenvalue weighted by Crippen LogP contribution is 2.33. The number of amides is 1. The molecule has 2 heterocycles. The van der Waals surface area contributed by atoms with Gasteiger partial charge < -0.3 is 10.1 Å². The molecule has 1 saturated heterocycles. The minimum atomic E-state index is -0.111. The maximum absolute atomic E-state index is 12.8. The zero-order valence-electron chi connectivity index (χ0n) is 17.5. The van der Waals surface area contributed by atoms with Crippen LogP contribution in [0, 0.1) is 5.92 Å². The predicted molar refractivity (Wildman–Crippen MR) is 117 cm³/mol. The molecular weight excluding hydrogens is 376 g/mol. The monoisotopic (exact) mass is 404 g/mol. The normalized spacial score (nSPS) is 17.4. The van der Waals surface area contributed by atoms with Crippen LogP contribution in [0.25, 0.3) is 11.1 Å². The largest absolute Gasteiger partial charge is 0.496 e. The molecule has 0 aliphatic carbocycles. The van der Waals surface area contributed by atoms with E-state index < -0.39 is 0 Å². The Morgan fingerprint density at radius 1 is 1.13 bits per heavy atom. The highest BCUT2D eigenvalue weighted by Gasteiger charge is 2.26. The Morgan fingerprint density at radius 2 is 1.90 bits per heavy atom. The second kappa shape index (κ2) is 9.13. The molecule has 2 aromatic carbocycles. The molecule has 1 aliphatic rings. The number of carbonyl (C=O) groups excluding carboxylic acids is 1. The Labute approximate surface area is 177 Å². The van der Waals surface area contributed by atoms with Crippen LogP contribution in [-0.2, 0) is 24.8 Å². The minimum absolute atomic E-state index is 0.111. The summed E-state index contributed by atoms with van der Waals surface area (Å²) in [6, 6.07) is 16.3. The predicted octanol–water partition coefficient (Wildman–Crippen LogP) is 2.89. The van der Waals surface area contributed by atoms with Gasteiger partial charge in [0.2, 0.25) is 5.91 Å². The first-order chi connectivity index (χ1) is 14.6. The van der Waals surface area contributed by atoms with E-state index in [2.05, 4.69) is 33.5 Å². The third kappa shape index (κ3) is 4.54. The standard InChI is InChI=1S/C24H28N4O2/c1-27-15-18(14-26-27)16-28-12-11-25-24(29)20(17-28)13-19-7-3-4-8-21(19)22-9-5-6-10-23(22)30-2/h3-10,14-15,20H,11-13,16-17H2,1-2H3,(H,25,29)/t20-/m1/s1. The van der Waals surface area contributed by atoms with Gasteiger partial charge in [-0.3, -0.25) is 14.4 Å². The van der Waals surface area contributed by atoms with Crippen molar-refractivity contribution in [1.82, 2.24) is 20.0 Å². The number of hydrogen-bond donors (Lipinski definition) is 1. The number of rotatable bonds is 6. The molecule has 0 saturated carbocycles. The number of nitrogens with zero attached hydrogens (tertiary/aromatic N) is 3. The number of aryl methyl sites for hydroxylation is 1. The molecule has 6 heteroatoms. The summed E-state index contributed by atoms with van der Waals surface area (Å²) in [7, 11) is 3.62. The summed E-state index contributed by atoms with van der Waals surface area (Å²) in [6.07, 6.45) is 4.61. The summed E-state index contributed by atoms with van der Waals surface area (Å²) in [6.45, 7) is 3.03. The van der Waals surface area contributed by atoms with Crippen molar-refractivity contribution in [2.24, 2.45) is 13.0 Å². The van der Waals surface area contributed by atoms with E-state index in [1.54, 1.807) is 7.11 Å². The van der Waals surface area contributed by atoms with E-state index in [0.717, 1.165) is 42.1 Å². The van der Waals surface area contributed by atoms with Crippen molar-refractivity contribution in [1.29, 1.82) is 0 Å². The van der Waals surface area contributed by atoms with Gasteiger partial charge in [-0.15, -0.1) is 0 Å². The molecule has 1 N–H and O–H groups in total. The van der Waals surface area contributed by atoms with Crippen molar-refractivity contribution in [2.45, 2.75) is 13.0 Å². The van der Waals surface area contributed by atoms with E-state index in [0.29, 0.717) is 13.0 Å².